The largest absolute Gasteiger partial charge is 0.379 e. The third-order valence-electron chi connectivity index (χ3n) is 5.04. The average Bonchev–Trinajstić information content (AvgIpc) is 3.23. The van der Waals surface area contributed by atoms with Crippen LogP contribution in [0.15, 0.2) is 4.99 Å². The van der Waals surface area contributed by atoms with Crippen LogP contribution in [0.5, 0.6) is 0 Å². The van der Waals surface area contributed by atoms with Crippen LogP contribution in [0.25, 0.3) is 0 Å². The maximum absolute atomic E-state index is 5.39. The second kappa shape index (κ2) is 10.4. The molecule has 148 valence electrons. The molecule has 0 amide bonds. The number of morpholine rings is 1. The van der Waals surface area contributed by atoms with E-state index < -0.39 is 0 Å². The normalized spacial score (nSPS) is 23.4. The summed E-state index contributed by atoms with van der Waals surface area (Å²) in [6.07, 6.45) is 2.32. The molecule has 1 saturated heterocycles. The lowest BCUT2D eigenvalue weighted by Crippen LogP contribution is -2.41. The van der Waals surface area contributed by atoms with Gasteiger partial charge in [-0.25, -0.2) is 4.99 Å². The first-order chi connectivity index (χ1) is 12.1. The van der Waals surface area contributed by atoms with Crippen molar-refractivity contribution < 1.29 is 4.74 Å². The summed E-state index contributed by atoms with van der Waals surface area (Å²) in [4.78, 5) is 7.16. The summed E-state index contributed by atoms with van der Waals surface area (Å²) in [7, 11) is 1.98. The fourth-order valence-corrected chi connectivity index (χ4v) is 2.92. The molecule has 9 heteroatoms. The zero-order valence-corrected chi connectivity index (χ0v) is 18.4. The summed E-state index contributed by atoms with van der Waals surface area (Å²) in [6.45, 7) is 10.6. The molecule has 2 unspecified atom stereocenters. The second-order valence-corrected chi connectivity index (χ2v) is 7.09. The molecular formula is C17H32IN7O. The summed E-state index contributed by atoms with van der Waals surface area (Å²) < 4.78 is 7.38. The molecular weight excluding hydrogens is 445 g/mol. The Morgan fingerprint density at radius 3 is 2.65 bits per heavy atom. The van der Waals surface area contributed by atoms with Gasteiger partial charge in [0, 0.05) is 32.7 Å². The SMILES string of the molecule is Cc1nnc(CN=C(NCCCN2CCOCC2)NC2CC2C)n1C.I. The predicted molar refractivity (Wildman–Crippen MR) is 113 cm³/mol. The lowest BCUT2D eigenvalue weighted by atomic mass is 10.3. The Kier molecular flexibility index (Phi) is 8.55. The minimum Gasteiger partial charge on any atom is -0.379 e. The summed E-state index contributed by atoms with van der Waals surface area (Å²) in [5, 5.41) is 15.3. The van der Waals surface area contributed by atoms with Crippen LogP contribution in [0.4, 0.5) is 0 Å². The highest BCUT2D eigenvalue weighted by Gasteiger charge is 2.33. The average molecular weight is 477 g/mol. The number of nitrogens with zero attached hydrogens (tertiary/aromatic N) is 5. The minimum absolute atomic E-state index is 0. The van der Waals surface area contributed by atoms with Crippen molar-refractivity contribution in [3.8, 4) is 0 Å². The van der Waals surface area contributed by atoms with Crippen molar-refractivity contribution in [3.63, 3.8) is 0 Å². The smallest absolute Gasteiger partial charge is 0.191 e. The predicted octanol–water partition coefficient (Wildman–Crippen LogP) is 0.907. The molecule has 3 rings (SSSR count). The third-order valence-corrected chi connectivity index (χ3v) is 5.04. The third kappa shape index (κ3) is 6.34. The highest BCUT2D eigenvalue weighted by atomic mass is 127. The van der Waals surface area contributed by atoms with E-state index in [1.165, 1.54) is 6.42 Å². The minimum atomic E-state index is 0. The number of hydrogen-bond acceptors (Lipinski definition) is 5. The van der Waals surface area contributed by atoms with Crippen molar-refractivity contribution in [1.29, 1.82) is 0 Å². The van der Waals surface area contributed by atoms with E-state index in [-0.39, 0.29) is 24.0 Å². The first kappa shape index (κ1) is 21.4. The van der Waals surface area contributed by atoms with E-state index >= 15 is 0 Å². The van der Waals surface area contributed by atoms with Gasteiger partial charge in [-0.2, -0.15) is 0 Å². The molecule has 0 bridgehead atoms. The molecule has 2 atom stereocenters. The van der Waals surface area contributed by atoms with E-state index in [0.717, 1.165) is 69.3 Å². The summed E-state index contributed by atoms with van der Waals surface area (Å²) in [5.41, 5.74) is 0. The van der Waals surface area contributed by atoms with Gasteiger partial charge in [-0.1, -0.05) is 6.92 Å². The Morgan fingerprint density at radius 2 is 2.04 bits per heavy atom. The number of aromatic nitrogens is 3. The molecule has 1 aromatic rings. The van der Waals surface area contributed by atoms with Crippen LogP contribution in [0.2, 0.25) is 0 Å². The van der Waals surface area contributed by atoms with Crippen molar-refractivity contribution in [3.05, 3.63) is 11.6 Å². The van der Waals surface area contributed by atoms with E-state index in [4.69, 9.17) is 9.73 Å². The molecule has 0 radical (unpaired) electrons. The Labute approximate surface area is 173 Å². The number of guanidine groups is 1. The monoisotopic (exact) mass is 477 g/mol. The zero-order chi connectivity index (χ0) is 17.6. The Morgan fingerprint density at radius 1 is 1.31 bits per heavy atom. The highest BCUT2D eigenvalue weighted by Crippen LogP contribution is 2.28. The van der Waals surface area contributed by atoms with Crippen molar-refractivity contribution in [2.75, 3.05) is 39.4 Å². The van der Waals surface area contributed by atoms with Gasteiger partial charge in [-0.15, -0.1) is 34.2 Å². The van der Waals surface area contributed by atoms with Crippen LogP contribution in [-0.2, 0) is 18.3 Å². The van der Waals surface area contributed by atoms with E-state index in [1.807, 2.05) is 18.5 Å². The number of aliphatic imine (C=N–C) groups is 1. The van der Waals surface area contributed by atoms with Gasteiger partial charge in [0.15, 0.2) is 11.8 Å². The molecule has 2 N–H and O–H groups in total. The quantitative estimate of drug-likeness (QED) is 0.263. The molecule has 0 spiro atoms. The fourth-order valence-electron chi connectivity index (χ4n) is 2.92. The molecule has 0 aromatic carbocycles. The van der Waals surface area contributed by atoms with E-state index in [9.17, 15) is 0 Å². The summed E-state index contributed by atoms with van der Waals surface area (Å²) in [5.74, 6) is 3.42. The van der Waals surface area contributed by atoms with Crippen molar-refractivity contribution >= 4 is 29.9 Å². The van der Waals surface area contributed by atoms with Crippen LogP contribution in [0.1, 0.15) is 31.4 Å². The molecule has 8 nitrogen and oxygen atoms in total. The molecule has 2 aliphatic rings. The van der Waals surface area contributed by atoms with Crippen LogP contribution in [0, 0.1) is 12.8 Å². The van der Waals surface area contributed by atoms with Gasteiger partial charge < -0.3 is 19.9 Å². The Hall–Kier alpha value is -0.940. The van der Waals surface area contributed by atoms with Crippen molar-refractivity contribution in [2.24, 2.45) is 18.0 Å². The molecule has 1 aliphatic heterocycles. The van der Waals surface area contributed by atoms with Gasteiger partial charge >= 0.3 is 0 Å². The number of nitrogens with one attached hydrogen (secondary N) is 2. The molecule has 1 aromatic heterocycles. The molecule has 2 heterocycles. The molecule has 26 heavy (non-hydrogen) atoms. The van der Waals surface area contributed by atoms with E-state index in [0.29, 0.717) is 12.6 Å². The first-order valence-electron chi connectivity index (χ1n) is 9.33. The maximum atomic E-state index is 5.39. The van der Waals surface area contributed by atoms with Crippen molar-refractivity contribution in [2.45, 2.75) is 39.3 Å². The summed E-state index contributed by atoms with van der Waals surface area (Å²) in [6, 6.07) is 0.548. The number of aryl methyl sites for hydroxylation is 1. The van der Waals surface area contributed by atoms with Gasteiger partial charge in [0.25, 0.3) is 0 Å². The van der Waals surface area contributed by atoms with Crippen molar-refractivity contribution in [1.82, 2.24) is 30.3 Å². The highest BCUT2D eigenvalue weighted by molar-refractivity contribution is 14.0. The van der Waals surface area contributed by atoms with Crippen LogP contribution >= 0.6 is 24.0 Å². The molecule has 1 aliphatic carbocycles. The van der Waals surface area contributed by atoms with Gasteiger partial charge in [0.1, 0.15) is 12.4 Å². The summed E-state index contributed by atoms with van der Waals surface area (Å²) >= 11 is 0. The van der Waals surface area contributed by atoms with Crippen LogP contribution in [-0.4, -0.2) is 71.1 Å². The molecule has 1 saturated carbocycles. The lowest BCUT2D eigenvalue weighted by Gasteiger charge is -2.26. The Balaban J connectivity index is 0.00000243. The zero-order valence-electron chi connectivity index (χ0n) is 16.1. The maximum Gasteiger partial charge on any atom is 0.191 e. The van der Waals surface area contributed by atoms with Gasteiger partial charge in [0.05, 0.1) is 13.2 Å². The van der Waals surface area contributed by atoms with Crippen LogP contribution in [0.3, 0.4) is 0 Å². The standard InChI is InChI=1S/C17H31N7O.HI/c1-13-11-15(13)20-17(19-12-16-22-21-14(2)23(16)3)18-5-4-6-24-7-9-25-10-8-24;/h13,15H,4-12H2,1-3H3,(H2,18,19,20);1H. The number of rotatable bonds is 7. The number of ether oxygens (including phenoxy) is 1. The molecule has 2 fully saturated rings. The topological polar surface area (TPSA) is 79.6 Å². The van der Waals surface area contributed by atoms with Gasteiger partial charge in [-0.3, -0.25) is 4.90 Å². The van der Waals surface area contributed by atoms with Gasteiger partial charge in [-0.05, 0) is 32.2 Å². The second-order valence-electron chi connectivity index (χ2n) is 7.09. The van der Waals surface area contributed by atoms with E-state index in [2.05, 4.69) is 32.7 Å². The number of hydrogen-bond donors (Lipinski definition) is 2. The van der Waals surface area contributed by atoms with Crippen LogP contribution < -0.4 is 10.6 Å². The number of halogens is 1. The fraction of sp³-hybridized carbons (Fsp3) is 0.824. The van der Waals surface area contributed by atoms with Gasteiger partial charge in [0.2, 0.25) is 0 Å². The first-order valence-corrected chi connectivity index (χ1v) is 9.33. The Bertz CT molecular complexity index is 586. The van der Waals surface area contributed by atoms with E-state index in [1.54, 1.807) is 0 Å². The lowest BCUT2D eigenvalue weighted by molar-refractivity contribution is 0.0376.